The molecule has 23 heavy (non-hydrogen) atoms. The molecule has 1 aliphatic heterocycles. The number of hydrogen-bond acceptors (Lipinski definition) is 4. The number of pyridine rings is 1. The van der Waals surface area contributed by atoms with E-state index >= 15 is 0 Å². The minimum absolute atomic E-state index is 0.136. The topological polar surface area (TPSA) is 77.2 Å². The van der Waals surface area contributed by atoms with E-state index in [-0.39, 0.29) is 30.9 Å². The van der Waals surface area contributed by atoms with Gasteiger partial charge in [0.15, 0.2) is 0 Å². The van der Waals surface area contributed by atoms with E-state index in [1.54, 1.807) is 18.3 Å². The van der Waals surface area contributed by atoms with Crippen molar-refractivity contribution in [1.82, 2.24) is 9.88 Å². The zero-order valence-electron chi connectivity index (χ0n) is 12.5. The Balaban J connectivity index is 1.80. The number of carbonyl (C=O) groups is 1. The molecule has 2 heterocycles. The van der Waals surface area contributed by atoms with Crippen LogP contribution in [0.2, 0.25) is 0 Å². The molecule has 1 aromatic heterocycles. The van der Waals surface area contributed by atoms with Crippen LogP contribution in [-0.2, 0) is 11.2 Å². The molecular formula is C18H17N3O2. The molecule has 0 unspecified atom stereocenters. The lowest BCUT2D eigenvalue weighted by Gasteiger charge is -2.51. The van der Waals surface area contributed by atoms with Gasteiger partial charge in [0.25, 0.3) is 0 Å². The van der Waals surface area contributed by atoms with Crippen molar-refractivity contribution < 1.29 is 9.90 Å². The molecule has 1 saturated heterocycles. The van der Waals surface area contributed by atoms with Crippen LogP contribution in [-0.4, -0.2) is 39.6 Å². The van der Waals surface area contributed by atoms with E-state index in [0.29, 0.717) is 5.69 Å². The van der Waals surface area contributed by atoms with E-state index in [1.807, 2.05) is 36.4 Å². The summed E-state index contributed by atoms with van der Waals surface area (Å²) in [6, 6.07) is 16.2. The van der Waals surface area contributed by atoms with Crippen molar-refractivity contribution in [3.63, 3.8) is 0 Å². The van der Waals surface area contributed by atoms with Crippen LogP contribution in [0, 0.1) is 11.3 Å². The molecule has 3 rings (SSSR count). The van der Waals surface area contributed by atoms with Crippen molar-refractivity contribution in [2.75, 3.05) is 6.61 Å². The van der Waals surface area contributed by atoms with E-state index in [9.17, 15) is 15.2 Å². The number of aliphatic hydroxyl groups is 1. The van der Waals surface area contributed by atoms with Gasteiger partial charge in [-0.05, 0) is 17.7 Å². The van der Waals surface area contributed by atoms with Gasteiger partial charge in [-0.2, -0.15) is 5.26 Å². The molecule has 5 nitrogen and oxygen atoms in total. The van der Waals surface area contributed by atoms with Crippen LogP contribution in [0.15, 0.2) is 54.7 Å². The second-order valence-corrected chi connectivity index (χ2v) is 5.56. The summed E-state index contributed by atoms with van der Waals surface area (Å²) in [7, 11) is 0. The van der Waals surface area contributed by atoms with Gasteiger partial charge in [0.2, 0.25) is 5.91 Å². The lowest BCUT2D eigenvalue weighted by Crippen LogP contribution is -2.65. The van der Waals surface area contributed by atoms with Gasteiger partial charge in [-0.15, -0.1) is 0 Å². The predicted molar refractivity (Wildman–Crippen MR) is 84.2 cm³/mol. The molecule has 116 valence electrons. The summed E-state index contributed by atoms with van der Waals surface area (Å²) in [5, 5.41) is 19.2. The van der Waals surface area contributed by atoms with Crippen LogP contribution in [0.4, 0.5) is 0 Å². The summed E-state index contributed by atoms with van der Waals surface area (Å²) >= 11 is 0. The van der Waals surface area contributed by atoms with Crippen molar-refractivity contribution >= 4 is 5.91 Å². The zero-order valence-corrected chi connectivity index (χ0v) is 12.5. The summed E-state index contributed by atoms with van der Waals surface area (Å²) in [5.74, 6) is -0.333. The third-order valence-corrected chi connectivity index (χ3v) is 4.26. The van der Waals surface area contributed by atoms with Gasteiger partial charge in [-0.1, -0.05) is 36.4 Å². The first-order valence-corrected chi connectivity index (χ1v) is 7.52. The van der Waals surface area contributed by atoms with Crippen molar-refractivity contribution in [3.8, 4) is 6.07 Å². The zero-order chi connectivity index (χ0) is 16.2. The molecule has 1 amide bonds. The normalized spacial score (nSPS) is 23.0. The third-order valence-electron chi connectivity index (χ3n) is 4.26. The van der Waals surface area contributed by atoms with E-state index in [2.05, 4.69) is 11.1 Å². The standard InChI is InChI=1S/C18H17N3O2/c19-11-15-18(13-6-2-1-3-7-13)16(12-22)21(15)17(23)10-14-8-4-5-9-20-14/h1-9,15-16,18,22H,10,12H2/t15-,16+,18-/m1/s1. The summed E-state index contributed by atoms with van der Waals surface area (Å²) < 4.78 is 0. The quantitative estimate of drug-likeness (QED) is 0.928. The molecule has 1 aliphatic rings. The van der Waals surface area contributed by atoms with E-state index in [0.717, 1.165) is 5.56 Å². The summed E-state index contributed by atoms with van der Waals surface area (Å²) in [6.45, 7) is -0.161. The number of carbonyl (C=O) groups excluding carboxylic acids is 1. The number of likely N-dealkylation sites (tertiary alicyclic amines) is 1. The van der Waals surface area contributed by atoms with Crippen molar-refractivity contribution in [3.05, 3.63) is 66.0 Å². The number of nitriles is 1. The molecule has 1 aromatic carbocycles. The van der Waals surface area contributed by atoms with Gasteiger partial charge in [-0.3, -0.25) is 9.78 Å². The van der Waals surface area contributed by atoms with Gasteiger partial charge in [0.1, 0.15) is 6.04 Å². The Morgan fingerprint density at radius 1 is 1.22 bits per heavy atom. The SMILES string of the molecule is N#C[C@@H]1[C@@H](c2ccccc2)[C@H](CO)N1C(=O)Cc1ccccn1. The highest BCUT2D eigenvalue weighted by Gasteiger charge is 2.51. The van der Waals surface area contributed by atoms with Crippen LogP contribution in [0.5, 0.6) is 0 Å². The van der Waals surface area contributed by atoms with Crippen LogP contribution in [0.3, 0.4) is 0 Å². The maximum Gasteiger partial charge on any atom is 0.230 e. The first-order valence-electron chi connectivity index (χ1n) is 7.52. The minimum atomic E-state index is -0.550. The number of aliphatic hydroxyl groups excluding tert-OH is 1. The smallest absolute Gasteiger partial charge is 0.230 e. The fourth-order valence-electron chi connectivity index (χ4n) is 3.17. The molecule has 0 saturated carbocycles. The van der Waals surface area contributed by atoms with Gasteiger partial charge in [0.05, 0.1) is 25.1 Å². The van der Waals surface area contributed by atoms with Gasteiger partial charge in [0, 0.05) is 17.8 Å². The molecule has 0 bridgehead atoms. The average molecular weight is 307 g/mol. The minimum Gasteiger partial charge on any atom is -0.394 e. The van der Waals surface area contributed by atoms with Gasteiger partial charge < -0.3 is 10.0 Å². The van der Waals surface area contributed by atoms with Gasteiger partial charge >= 0.3 is 0 Å². The maximum atomic E-state index is 12.5. The summed E-state index contributed by atoms with van der Waals surface area (Å²) in [6.07, 6.45) is 1.77. The lowest BCUT2D eigenvalue weighted by atomic mass is 9.75. The maximum absolute atomic E-state index is 12.5. The molecule has 3 atom stereocenters. The first kappa shape index (κ1) is 15.2. The Morgan fingerprint density at radius 3 is 2.57 bits per heavy atom. The van der Waals surface area contributed by atoms with Gasteiger partial charge in [-0.25, -0.2) is 0 Å². The summed E-state index contributed by atoms with van der Waals surface area (Å²) in [5.41, 5.74) is 1.63. The summed E-state index contributed by atoms with van der Waals surface area (Å²) in [4.78, 5) is 18.2. The first-order chi connectivity index (χ1) is 11.3. The lowest BCUT2D eigenvalue weighted by molar-refractivity contribution is -0.146. The Bertz CT molecular complexity index is 712. The number of benzene rings is 1. The molecule has 1 N–H and O–H groups in total. The fourth-order valence-corrected chi connectivity index (χ4v) is 3.17. The second-order valence-electron chi connectivity index (χ2n) is 5.56. The van der Waals surface area contributed by atoms with Crippen molar-refractivity contribution in [2.24, 2.45) is 0 Å². The molecule has 1 fully saturated rings. The predicted octanol–water partition coefficient (Wildman–Crippen LogP) is 1.50. The third kappa shape index (κ3) is 2.81. The van der Waals surface area contributed by atoms with Crippen molar-refractivity contribution in [1.29, 1.82) is 5.26 Å². The molecule has 0 aliphatic carbocycles. The molecule has 2 aromatic rings. The molecule has 0 radical (unpaired) electrons. The molecular weight excluding hydrogens is 290 g/mol. The number of aromatic nitrogens is 1. The largest absolute Gasteiger partial charge is 0.394 e. The Morgan fingerprint density at radius 2 is 1.96 bits per heavy atom. The Hall–Kier alpha value is -2.71. The second kappa shape index (κ2) is 6.59. The monoisotopic (exact) mass is 307 g/mol. The van der Waals surface area contributed by atoms with Crippen LogP contribution in [0.25, 0.3) is 0 Å². The highest BCUT2D eigenvalue weighted by molar-refractivity contribution is 5.81. The molecule has 0 spiro atoms. The number of amides is 1. The fraction of sp³-hybridized carbons (Fsp3) is 0.278. The molecule has 5 heteroatoms. The highest BCUT2D eigenvalue weighted by Crippen LogP contribution is 2.40. The van der Waals surface area contributed by atoms with E-state index in [1.165, 1.54) is 4.90 Å². The highest BCUT2D eigenvalue weighted by atomic mass is 16.3. The van der Waals surface area contributed by atoms with E-state index < -0.39 is 6.04 Å². The van der Waals surface area contributed by atoms with Crippen LogP contribution >= 0.6 is 0 Å². The van der Waals surface area contributed by atoms with Crippen LogP contribution < -0.4 is 0 Å². The van der Waals surface area contributed by atoms with Crippen molar-refractivity contribution in [2.45, 2.75) is 24.4 Å². The Kier molecular flexibility index (Phi) is 4.35. The average Bonchev–Trinajstić information content (AvgIpc) is 2.56. The Labute approximate surface area is 134 Å². The number of nitrogens with zero attached hydrogens (tertiary/aromatic N) is 3. The number of rotatable bonds is 4. The number of hydrogen-bond donors (Lipinski definition) is 1. The van der Waals surface area contributed by atoms with E-state index in [4.69, 9.17) is 0 Å². The van der Waals surface area contributed by atoms with Crippen LogP contribution in [0.1, 0.15) is 17.2 Å².